The predicted molar refractivity (Wildman–Crippen MR) is 90.4 cm³/mol. The number of ether oxygens (including phenoxy) is 2. The second-order valence-electron chi connectivity index (χ2n) is 7.12. The molecular formula is C17H22N2O7. The van der Waals surface area contributed by atoms with Crippen LogP contribution in [0.25, 0.3) is 0 Å². The Kier molecular flexibility index (Phi) is 5.81. The van der Waals surface area contributed by atoms with Crippen molar-refractivity contribution in [2.75, 3.05) is 13.2 Å². The van der Waals surface area contributed by atoms with Crippen molar-refractivity contribution in [3.05, 3.63) is 39.9 Å². The fourth-order valence-corrected chi connectivity index (χ4v) is 2.53. The maximum absolute atomic E-state index is 12.0. The predicted octanol–water partition coefficient (Wildman–Crippen LogP) is 2.33. The van der Waals surface area contributed by atoms with Gasteiger partial charge in [0, 0.05) is 31.0 Å². The third-order valence-electron chi connectivity index (χ3n) is 3.75. The quantitative estimate of drug-likeness (QED) is 0.493. The third kappa shape index (κ3) is 5.16. The lowest BCUT2D eigenvalue weighted by molar-refractivity contribution is -0.384. The van der Waals surface area contributed by atoms with E-state index in [9.17, 15) is 24.8 Å². The summed E-state index contributed by atoms with van der Waals surface area (Å²) in [5.74, 6) is -0.843. The molecule has 1 N–H and O–H groups in total. The number of likely N-dealkylation sites (tertiary alicyclic amines) is 1. The lowest BCUT2D eigenvalue weighted by atomic mass is 10.1. The number of nitro benzene ring substituents is 1. The molecule has 0 saturated carbocycles. The molecule has 26 heavy (non-hydrogen) atoms. The van der Waals surface area contributed by atoms with Crippen LogP contribution in [-0.4, -0.2) is 52.0 Å². The Labute approximate surface area is 150 Å². The van der Waals surface area contributed by atoms with E-state index in [2.05, 4.69) is 0 Å². The van der Waals surface area contributed by atoms with Crippen LogP contribution in [0.15, 0.2) is 24.3 Å². The zero-order valence-corrected chi connectivity index (χ0v) is 14.9. The van der Waals surface area contributed by atoms with Crippen molar-refractivity contribution < 1.29 is 29.1 Å². The standard InChI is InChI=1S/C17H22N2O7/c1-17(2,3)26-16(22)18-9-11(8-14(18)20)10-25-15(21)12-4-6-13(7-5-12)19(23)24/h4-7,11,14,20H,8-10H2,1-3H3/t11-,14-/m0/s1. The Morgan fingerprint density at radius 1 is 1.31 bits per heavy atom. The molecule has 2 rings (SSSR count). The summed E-state index contributed by atoms with van der Waals surface area (Å²) in [4.78, 5) is 35.3. The molecular weight excluding hydrogens is 344 g/mol. The van der Waals surface area contributed by atoms with Gasteiger partial charge in [-0.2, -0.15) is 0 Å². The third-order valence-corrected chi connectivity index (χ3v) is 3.75. The Hall–Kier alpha value is -2.68. The van der Waals surface area contributed by atoms with Crippen LogP contribution < -0.4 is 0 Å². The largest absolute Gasteiger partial charge is 0.462 e. The smallest absolute Gasteiger partial charge is 0.412 e. The van der Waals surface area contributed by atoms with Crippen LogP contribution in [0.2, 0.25) is 0 Å². The number of carbonyl (C=O) groups is 2. The number of hydrogen-bond acceptors (Lipinski definition) is 7. The fraction of sp³-hybridized carbons (Fsp3) is 0.529. The van der Waals surface area contributed by atoms with E-state index in [1.54, 1.807) is 20.8 Å². The van der Waals surface area contributed by atoms with Gasteiger partial charge in [0.15, 0.2) is 0 Å². The molecule has 1 aliphatic rings. The number of rotatable bonds is 4. The highest BCUT2D eigenvalue weighted by molar-refractivity contribution is 5.89. The second-order valence-corrected chi connectivity index (χ2v) is 7.12. The van der Waals surface area contributed by atoms with E-state index in [0.29, 0.717) is 0 Å². The minimum atomic E-state index is -0.993. The van der Waals surface area contributed by atoms with Gasteiger partial charge in [-0.15, -0.1) is 0 Å². The van der Waals surface area contributed by atoms with Gasteiger partial charge >= 0.3 is 12.1 Å². The number of non-ortho nitro benzene ring substituents is 1. The molecule has 1 amide bonds. The zero-order valence-electron chi connectivity index (χ0n) is 14.9. The fourth-order valence-electron chi connectivity index (χ4n) is 2.53. The van der Waals surface area contributed by atoms with Crippen LogP contribution in [0.5, 0.6) is 0 Å². The van der Waals surface area contributed by atoms with Crippen LogP contribution in [0.1, 0.15) is 37.6 Å². The molecule has 9 nitrogen and oxygen atoms in total. The summed E-state index contributed by atoms with van der Waals surface area (Å²) in [7, 11) is 0. The number of amides is 1. The molecule has 0 unspecified atom stereocenters. The molecule has 1 heterocycles. The first-order valence-electron chi connectivity index (χ1n) is 8.16. The van der Waals surface area contributed by atoms with Crippen LogP contribution >= 0.6 is 0 Å². The number of esters is 1. The number of nitrogens with zero attached hydrogens (tertiary/aromatic N) is 2. The van der Waals surface area contributed by atoms with Gasteiger partial charge in [-0.05, 0) is 32.9 Å². The van der Waals surface area contributed by atoms with Gasteiger partial charge < -0.3 is 14.6 Å². The summed E-state index contributed by atoms with van der Waals surface area (Å²) in [6.45, 7) is 5.43. The Morgan fingerprint density at radius 3 is 2.46 bits per heavy atom. The van der Waals surface area contributed by atoms with Crippen LogP contribution in [0.4, 0.5) is 10.5 Å². The Bertz CT molecular complexity index is 681. The summed E-state index contributed by atoms with van der Waals surface area (Å²) in [6.07, 6.45) is -1.34. The molecule has 1 aromatic carbocycles. The molecule has 0 aliphatic carbocycles. The average molecular weight is 366 g/mol. The Morgan fingerprint density at radius 2 is 1.92 bits per heavy atom. The van der Waals surface area contributed by atoms with Crippen molar-refractivity contribution >= 4 is 17.7 Å². The zero-order chi connectivity index (χ0) is 19.5. The monoisotopic (exact) mass is 366 g/mol. The molecule has 2 atom stereocenters. The molecule has 9 heteroatoms. The van der Waals surface area contributed by atoms with Gasteiger partial charge in [0.05, 0.1) is 17.1 Å². The van der Waals surface area contributed by atoms with Crippen LogP contribution in [0, 0.1) is 16.0 Å². The molecule has 1 fully saturated rings. The van der Waals surface area contributed by atoms with Crippen molar-refractivity contribution in [2.24, 2.45) is 5.92 Å². The van der Waals surface area contributed by atoms with Crippen molar-refractivity contribution in [3.63, 3.8) is 0 Å². The molecule has 0 aromatic heterocycles. The SMILES string of the molecule is CC(C)(C)OC(=O)N1C[C@@H](COC(=O)c2ccc([N+](=O)[O-])cc2)C[C@@H]1O. The minimum Gasteiger partial charge on any atom is -0.462 e. The van der Waals surface area contributed by atoms with E-state index in [1.807, 2.05) is 0 Å². The van der Waals surface area contributed by atoms with E-state index in [0.717, 1.165) is 0 Å². The number of hydrogen-bond donors (Lipinski definition) is 1. The summed E-state index contributed by atoms with van der Waals surface area (Å²) >= 11 is 0. The van der Waals surface area contributed by atoms with Crippen LogP contribution in [-0.2, 0) is 9.47 Å². The molecule has 1 saturated heterocycles. The highest BCUT2D eigenvalue weighted by atomic mass is 16.6. The maximum atomic E-state index is 12.0. The van der Waals surface area contributed by atoms with Crippen molar-refractivity contribution in [1.29, 1.82) is 0 Å². The topological polar surface area (TPSA) is 119 Å². The average Bonchev–Trinajstić information content (AvgIpc) is 2.92. The number of nitro groups is 1. The first kappa shape index (κ1) is 19.6. The van der Waals surface area contributed by atoms with E-state index in [1.165, 1.54) is 29.2 Å². The Balaban J connectivity index is 1.87. The van der Waals surface area contributed by atoms with Gasteiger partial charge in [0.25, 0.3) is 5.69 Å². The highest BCUT2D eigenvalue weighted by Gasteiger charge is 2.37. The van der Waals surface area contributed by atoms with Crippen LogP contribution in [0.3, 0.4) is 0 Å². The van der Waals surface area contributed by atoms with Gasteiger partial charge in [0.1, 0.15) is 11.8 Å². The highest BCUT2D eigenvalue weighted by Crippen LogP contribution is 2.24. The number of carbonyl (C=O) groups excluding carboxylic acids is 2. The van der Waals surface area contributed by atoms with Gasteiger partial charge in [-0.1, -0.05) is 0 Å². The molecule has 142 valence electrons. The summed E-state index contributed by atoms with van der Waals surface area (Å²) in [5.41, 5.74) is -0.594. The van der Waals surface area contributed by atoms with Crippen molar-refractivity contribution in [2.45, 2.75) is 39.0 Å². The maximum Gasteiger partial charge on any atom is 0.412 e. The first-order valence-corrected chi connectivity index (χ1v) is 8.16. The molecule has 1 aromatic rings. The van der Waals surface area contributed by atoms with E-state index in [-0.39, 0.29) is 36.7 Å². The molecule has 1 aliphatic heterocycles. The lowest BCUT2D eigenvalue weighted by Gasteiger charge is -2.26. The summed E-state index contributed by atoms with van der Waals surface area (Å²) < 4.78 is 10.4. The van der Waals surface area contributed by atoms with Gasteiger partial charge in [0.2, 0.25) is 0 Å². The molecule has 0 bridgehead atoms. The summed E-state index contributed by atoms with van der Waals surface area (Å²) in [6, 6.07) is 5.08. The lowest BCUT2D eigenvalue weighted by Crippen LogP contribution is -2.40. The van der Waals surface area contributed by atoms with E-state index in [4.69, 9.17) is 9.47 Å². The van der Waals surface area contributed by atoms with E-state index >= 15 is 0 Å². The summed E-state index contributed by atoms with van der Waals surface area (Å²) in [5, 5.41) is 20.6. The van der Waals surface area contributed by atoms with Gasteiger partial charge in [-0.3, -0.25) is 15.0 Å². The second kappa shape index (κ2) is 7.69. The molecule has 0 radical (unpaired) electrons. The van der Waals surface area contributed by atoms with Crippen molar-refractivity contribution in [3.8, 4) is 0 Å². The number of aliphatic hydroxyl groups is 1. The number of benzene rings is 1. The van der Waals surface area contributed by atoms with Crippen molar-refractivity contribution in [1.82, 2.24) is 4.90 Å². The first-order chi connectivity index (χ1) is 12.1. The normalized spacial score (nSPS) is 19.9. The minimum absolute atomic E-state index is 0.0200. The molecule has 0 spiro atoms. The number of aliphatic hydroxyl groups excluding tert-OH is 1. The van der Waals surface area contributed by atoms with E-state index < -0.39 is 28.8 Å². The van der Waals surface area contributed by atoms with Gasteiger partial charge in [-0.25, -0.2) is 9.59 Å².